The average Bonchev–Trinajstić information content (AvgIpc) is 3.12. The number of thiophene rings is 1. The van der Waals surface area contributed by atoms with E-state index in [1.165, 1.54) is 6.07 Å². The molecule has 0 unspecified atom stereocenters. The highest BCUT2D eigenvalue weighted by atomic mass is 32.2. The van der Waals surface area contributed by atoms with Crippen molar-refractivity contribution in [2.24, 2.45) is 0 Å². The lowest BCUT2D eigenvalue weighted by Gasteiger charge is -2.17. The molecule has 0 radical (unpaired) electrons. The highest BCUT2D eigenvalue weighted by molar-refractivity contribution is 7.91. The van der Waals surface area contributed by atoms with E-state index >= 15 is 0 Å². The third kappa shape index (κ3) is 2.92. The number of anilines is 1. The molecular formula is C15H16N2O3S2. The molecule has 3 rings (SSSR count). The summed E-state index contributed by atoms with van der Waals surface area (Å²) in [6, 6.07) is 10.1. The zero-order chi connectivity index (χ0) is 15.7. The van der Waals surface area contributed by atoms with Crippen molar-refractivity contribution in [3.63, 3.8) is 0 Å². The largest absolute Gasteiger partial charge is 0.311 e. The SMILES string of the molecule is Cc1ccc(N2CC[C@@H](NS(=O)(=O)c3cccs3)C2=O)cc1. The molecule has 1 N–H and O–H groups in total. The highest BCUT2D eigenvalue weighted by Gasteiger charge is 2.35. The number of hydrogen-bond acceptors (Lipinski definition) is 4. The molecule has 1 saturated heterocycles. The van der Waals surface area contributed by atoms with E-state index in [0.29, 0.717) is 13.0 Å². The van der Waals surface area contributed by atoms with Crippen molar-refractivity contribution < 1.29 is 13.2 Å². The topological polar surface area (TPSA) is 66.5 Å². The first-order chi connectivity index (χ1) is 10.5. The third-order valence-corrected chi connectivity index (χ3v) is 6.48. The van der Waals surface area contributed by atoms with Crippen LogP contribution in [0.5, 0.6) is 0 Å². The third-order valence-electron chi connectivity index (χ3n) is 3.61. The number of nitrogens with one attached hydrogen (secondary N) is 1. The number of benzene rings is 1. The van der Waals surface area contributed by atoms with Gasteiger partial charge in [-0.25, -0.2) is 8.42 Å². The maximum atomic E-state index is 12.4. The van der Waals surface area contributed by atoms with E-state index in [1.807, 2.05) is 31.2 Å². The number of carbonyl (C=O) groups excluding carboxylic acids is 1. The predicted octanol–water partition coefficient (Wildman–Crippen LogP) is 2.14. The van der Waals surface area contributed by atoms with Crippen LogP contribution in [0.1, 0.15) is 12.0 Å². The van der Waals surface area contributed by atoms with E-state index in [0.717, 1.165) is 22.6 Å². The van der Waals surface area contributed by atoms with Crippen LogP contribution in [0.4, 0.5) is 5.69 Å². The quantitative estimate of drug-likeness (QED) is 0.930. The van der Waals surface area contributed by atoms with E-state index in [2.05, 4.69) is 4.72 Å². The number of sulfonamides is 1. The fourth-order valence-corrected chi connectivity index (χ4v) is 4.67. The van der Waals surface area contributed by atoms with Crippen molar-refractivity contribution in [1.29, 1.82) is 0 Å². The van der Waals surface area contributed by atoms with Gasteiger partial charge in [0.25, 0.3) is 10.0 Å². The summed E-state index contributed by atoms with van der Waals surface area (Å²) < 4.78 is 27.2. The van der Waals surface area contributed by atoms with Gasteiger partial charge in [0, 0.05) is 12.2 Å². The Hall–Kier alpha value is -1.70. The molecule has 0 saturated carbocycles. The van der Waals surface area contributed by atoms with E-state index in [1.54, 1.807) is 16.3 Å². The van der Waals surface area contributed by atoms with Gasteiger partial charge in [-0.3, -0.25) is 4.79 Å². The van der Waals surface area contributed by atoms with Crippen LogP contribution < -0.4 is 9.62 Å². The summed E-state index contributed by atoms with van der Waals surface area (Å²) in [6.45, 7) is 2.49. The minimum absolute atomic E-state index is 0.205. The summed E-state index contributed by atoms with van der Waals surface area (Å²) in [5, 5.41) is 1.70. The Morgan fingerprint density at radius 1 is 1.23 bits per heavy atom. The monoisotopic (exact) mass is 336 g/mol. The second-order valence-corrected chi connectivity index (χ2v) is 8.11. The molecule has 2 heterocycles. The lowest BCUT2D eigenvalue weighted by molar-refractivity contribution is -0.118. The Labute approximate surface area is 133 Å². The summed E-state index contributed by atoms with van der Waals surface area (Å²) in [5.74, 6) is -0.205. The molecule has 1 aliphatic rings. The first-order valence-corrected chi connectivity index (χ1v) is 9.27. The first-order valence-electron chi connectivity index (χ1n) is 6.91. The Balaban J connectivity index is 1.75. The Bertz CT molecular complexity index is 768. The molecule has 1 aromatic carbocycles. The van der Waals surface area contributed by atoms with Gasteiger partial charge in [-0.15, -0.1) is 11.3 Å². The zero-order valence-corrected chi connectivity index (χ0v) is 13.7. The van der Waals surface area contributed by atoms with Crippen molar-refractivity contribution in [3.05, 3.63) is 47.3 Å². The smallest absolute Gasteiger partial charge is 0.250 e. The fraction of sp³-hybridized carbons (Fsp3) is 0.267. The summed E-state index contributed by atoms with van der Waals surface area (Å²) in [7, 11) is -3.62. The minimum Gasteiger partial charge on any atom is -0.311 e. The van der Waals surface area contributed by atoms with Crippen molar-refractivity contribution in [2.75, 3.05) is 11.4 Å². The number of hydrogen-bond donors (Lipinski definition) is 1. The summed E-state index contributed by atoms with van der Waals surface area (Å²) in [4.78, 5) is 14.1. The Kier molecular flexibility index (Phi) is 4.03. The second-order valence-electron chi connectivity index (χ2n) is 5.22. The van der Waals surface area contributed by atoms with Crippen LogP contribution in [-0.4, -0.2) is 26.9 Å². The van der Waals surface area contributed by atoms with Gasteiger partial charge in [-0.05, 0) is 36.9 Å². The van der Waals surface area contributed by atoms with Gasteiger partial charge in [-0.2, -0.15) is 4.72 Å². The second kappa shape index (κ2) is 5.83. The van der Waals surface area contributed by atoms with Crippen molar-refractivity contribution in [3.8, 4) is 0 Å². The zero-order valence-electron chi connectivity index (χ0n) is 12.0. The van der Waals surface area contributed by atoms with Crippen LogP contribution in [0.25, 0.3) is 0 Å². The molecule has 2 aromatic rings. The van der Waals surface area contributed by atoms with Gasteiger partial charge in [-0.1, -0.05) is 23.8 Å². The number of carbonyl (C=O) groups is 1. The van der Waals surface area contributed by atoms with Crippen molar-refractivity contribution in [1.82, 2.24) is 4.72 Å². The lowest BCUT2D eigenvalue weighted by Crippen LogP contribution is -2.41. The Morgan fingerprint density at radius 2 is 1.95 bits per heavy atom. The number of rotatable bonds is 4. The van der Waals surface area contributed by atoms with Crippen LogP contribution in [-0.2, 0) is 14.8 Å². The van der Waals surface area contributed by atoms with E-state index < -0.39 is 16.1 Å². The van der Waals surface area contributed by atoms with Crippen LogP contribution in [0.15, 0.2) is 46.0 Å². The molecule has 7 heteroatoms. The van der Waals surface area contributed by atoms with E-state index in [9.17, 15) is 13.2 Å². The van der Waals surface area contributed by atoms with Crippen LogP contribution in [0.2, 0.25) is 0 Å². The van der Waals surface area contributed by atoms with E-state index in [-0.39, 0.29) is 10.1 Å². The maximum Gasteiger partial charge on any atom is 0.250 e. The molecule has 1 fully saturated rings. The molecule has 116 valence electrons. The van der Waals surface area contributed by atoms with Crippen LogP contribution in [0, 0.1) is 6.92 Å². The molecule has 0 aliphatic carbocycles. The Morgan fingerprint density at radius 3 is 2.59 bits per heavy atom. The summed E-state index contributed by atoms with van der Waals surface area (Å²) >= 11 is 1.14. The highest BCUT2D eigenvalue weighted by Crippen LogP contribution is 2.24. The van der Waals surface area contributed by atoms with Gasteiger partial charge in [0.15, 0.2) is 0 Å². The molecular weight excluding hydrogens is 320 g/mol. The lowest BCUT2D eigenvalue weighted by atomic mass is 10.2. The fourth-order valence-electron chi connectivity index (χ4n) is 2.43. The normalized spacial score (nSPS) is 18.9. The van der Waals surface area contributed by atoms with Gasteiger partial charge in [0.05, 0.1) is 0 Å². The van der Waals surface area contributed by atoms with Crippen LogP contribution >= 0.6 is 11.3 Å². The minimum atomic E-state index is -3.62. The van der Waals surface area contributed by atoms with Gasteiger partial charge < -0.3 is 4.90 Å². The van der Waals surface area contributed by atoms with Crippen LogP contribution in [0.3, 0.4) is 0 Å². The molecule has 1 aliphatic heterocycles. The molecule has 1 amide bonds. The molecule has 0 bridgehead atoms. The molecule has 0 spiro atoms. The van der Waals surface area contributed by atoms with Crippen molar-refractivity contribution in [2.45, 2.75) is 23.6 Å². The van der Waals surface area contributed by atoms with Crippen molar-refractivity contribution >= 4 is 33.0 Å². The predicted molar refractivity (Wildman–Crippen MR) is 86.6 cm³/mol. The van der Waals surface area contributed by atoms with Gasteiger partial charge >= 0.3 is 0 Å². The van der Waals surface area contributed by atoms with Gasteiger partial charge in [0.2, 0.25) is 5.91 Å². The number of amides is 1. The molecule has 1 aromatic heterocycles. The standard InChI is InChI=1S/C15H16N2O3S2/c1-11-4-6-12(7-5-11)17-9-8-13(15(17)18)16-22(19,20)14-3-2-10-21-14/h2-7,10,13,16H,8-9H2,1H3/t13-/m1/s1. The average molecular weight is 336 g/mol. The number of nitrogens with zero attached hydrogens (tertiary/aromatic N) is 1. The molecule has 1 atom stereocenters. The van der Waals surface area contributed by atoms with Gasteiger partial charge in [0.1, 0.15) is 10.3 Å². The first kappa shape index (κ1) is 15.2. The number of aryl methyl sites for hydroxylation is 1. The van der Waals surface area contributed by atoms with E-state index in [4.69, 9.17) is 0 Å². The summed E-state index contributed by atoms with van der Waals surface area (Å²) in [6.07, 6.45) is 0.470. The maximum absolute atomic E-state index is 12.4. The summed E-state index contributed by atoms with van der Waals surface area (Å²) in [5.41, 5.74) is 1.92. The molecule has 5 nitrogen and oxygen atoms in total. The molecule has 22 heavy (non-hydrogen) atoms.